The predicted octanol–water partition coefficient (Wildman–Crippen LogP) is 3.89. The van der Waals surface area contributed by atoms with E-state index in [1.54, 1.807) is 24.9 Å². The fourth-order valence-corrected chi connectivity index (χ4v) is 4.38. The molecule has 0 bridgehead atoms. The molecule has 29 heavy (non-hydrogen) atoms. The Morgan fingerprint density at radius 3 is 2.76 bits per heavy atom. The largest absolute Gasteiger partial charge is 0.497 e. The molecule has 1 unspecified atom stereocenters. The number of nitrogens with zero attached hydrogens (tertiary/aromatic N) is 1. The molecule has 1 aliphatic rings. The molecule has 154 valence electrons. The predicted molar refractivity (Wildman–Crippen MR) is 121 cm³/mol. The van der Waals surface area contributed by atoms with Crippen molar-refractivity contribution in [1.29, 1.82) is 0 Å². The minimum atomic E-state index is -0.547. The number of methoxy groups -OCH3 is 1. The molecule has 0 aliphatic carbocycles. The number of carbonyl (C=O) groups excluding carboxylic acids is 2. The topological polar surface area (TPSA) is 58.6 Å². The third kappa shape index (κ3) is 5.34. The number of hydrogen-bond donors (Lipinski definition) is 1. The highest BCUT2D eigenvalue weighted by molar-refractivity contribution is 9.10. The van der Waals surface area contributed by atoms with Gasteiger partial charge in [0.1, 0.15) is 11.8 Å². The Hall–Kier alpha value is -1.99. The summed E-state index contributed by atoms with van der Waals surface area (Å²) in [5, 5.41) is 2.95. The molecule has 0 aromatic heterocycles. The van der Waals surface area contributed by atoms with Crippen LogP contribution in [0.2, 0.25) is 0 Å². The highest BCUT2D eigenvalue weighted by Gasteiger charge is 2.29. The van der Waals surface area contributed by atoms with Crippen molar-refractivity contribution >= 4 is 39.5 Å². The Labute approximate surface area is 184 Å². The lowest BCUT2D eigenvalue weighted by molar-refractivity contribution is -0.134. The summed E-state index contributed by atoms with van der Waals surface area (Å²) in [6, 6.07) is 12.7. The molecule has 7 heteroatoms. The van der Waals surface area contributed by atoms with E-state index in [-0.39, 0.29) is 11.8 Å². The van der Waals surface area contributed by atoms with E-state index < -0.39 is 6.04 Å². The fraction of sp³-hybridized carbons (Fsp3) is 0.364. The zero-order valence-corrected chi connectivity index (χ0v) is 19.0. The molecule has 2 aromatic rings. The summed E-state index contributed by atoms with van der Waals surface area (Å²) < 4.78 is 6.04. The van der Waals surface area contributed by atoms with E-state index >= 15 is 0 Å². The Morgan fingerprint density at radius 2 is 2.03 bits per heavy atom. The number of benzene rings is 2. The van der Waals surface area contributed by atoms with Gasteiger partial charge in [0.05, 0.1) is 12.7 Å². The first-order valence-corrected chi connectivity index (χ1v) is 11.7. The van der Waals surface area contributed by atoms with E-state index in [0.29, 0.717) is 29.5 Å². The van der Waals surface area contributed by atoms with Crippen LogP contribution in [0.5, 0.6) is 5.75 Å². The van der Waals surface area contributed by atoms with Crippen LogP contribution in [0.15, 0.2) is 46.9 Å². The second-order valence-electron chi connectivity index (χ2n) is 6.93. The number of thioether (sulfide) groups is 1. The van der Waals surface area contributed by atoms with Crippen molar-refractivity contribution in [3.05, 3.63) is 63.6 Å². The summed E-state index contributed by atoms with van der Waals surface area (Å²) in [4.78, 5) is 27.9. The molecule has 1 aliphatic heterocycles. The molecule has 0 radical (unpaired) electrons. The van der Waals surface area contributed by atoms with Crippen LogP contribution in [-0.4, -0.2) is 48.4 Å². The normalized spacial score (nSPS) is 14.1. The number of amides is 2. The Kier molecular flexibility index (Phi) is 7.61. The molecule has 0 saturated heterocycles. The maximum absolute atomic E-state index is 13.3. The van der Waals surface area contributed by atoms with Gasteiger partial charge in [0, 0.05) is 17.6 Å². The number of fused-ring (bicyclic) bond motifs is 1. The molecule has 1 atom stereocenters. The smallest absolute Gasteiger partial charge is 0.253 e. The first kappa shape index (κ1) is 21.7. The molecule has 3 rings (SSSR count). The van der Waals surface area contributed by atoms with Gasteiger partial charge in [-0.05, 0) is 76.2 Å². The summed E-state index contributed by atoms with van der Waals surface area (Å²) in [6.07, 6.45) is 3.40. The summed E-state index contributed by atoms with van der Waals surface area (Å²) >= 11 is 5.08. The minimum Gasteiger partial charge on any atom is -0.497 e. The standard InChI is InChI=1S/C22H25BrN2O3S/c1-28-17-8-7-15-9-11-25(14-16(15)13-17)22(27)20(10-12-29-2)24-21(26)18-5-3-4-6-19(18)23/h3-8,13,20H,9-12,14H2,1-2H3,(H,24,26). The number of ether oxygens (including phenoxy) is 1. The maximum Gasteiger partial charge on any atom is 0.253 e. The summed E-state index contributed by atoms with van der Waals surface area (Å²) in [5.74, 6) is 1.31. The maximum atomic E-state index is 13.3. The van der Waals surface area contributed by atoms with Crippen molar-refractivity contribution in [2.45, 2.75) is 25.4 Å². The van der Waals surface area contributed by atoms with Gasteiger partial charge in [-0.25, -0.2) is 0 Å². The highest BCUT2D eigenvalue weighted by atomic mass is 79.9. The van der Waals surface area contributed by atoms with Crippen LogP contribution in [-0.2, 0) is 17.8 Å². The fourth-order valence-electron chi connectivity index (χ4n) is 3.44. The molecule has 2 aromatic carbocycles. The van der Waals surface area contributed by atoms with E-state index in [9.17, 15) is 9.59 Å². The highest BCUT2D eigenvalue weighted by Crippen LogP contribution is 2.25. The van der Waals surface area contributed by atoms with Crippen molar-refractivity contribution in [3.8, 4) is 5.75 Å². The summed E-state index contributed by atoms with van der Waals surface area (Å²) in [7, 11) is 1.64. The van der Waals surface area contributed by atoms with Crippen LogP contribution in [0.25, 0.3) is 0 Å². The molecule has 5 nitrogen and oxygen atoms in total. The second-order valence-corrected chi connectivity index (χ2v) is 8.77. The number of halogens is 1. The zero-order chi connectivity index (χ0) is 20.8. The van der Waals surface area contributed by atoms with Gasteiger partial charge in [-0.3, -0.25) is 9.59 Å². The van der Waals surface area contributed by atoms with Gasteiger partial charge in [-0.2, -0.15) is 11.8 Å². The van der Waals surface area contributed by atoms with Gasteiger partial charge >= 0.3 is 0 Å². The molecular formula is C22H25BrN2O3S. The van der Waals surface area contributed by atoms with Crippen molar-refractivity contribution < 1.29 is 14.3 Å². The minimum absolute atomic E-state index is 0.0343. The molecular weight excluding hydrogens is 452 g/mol. The Balaban J connectivity index is 1.75. The SMILES string of the molecule is COc1ccc2c(c1)CN(C(=O)C(CCSC)NC(=O)c1ccccc1Br)CC2. The number of nitrogens with one attached hydrogen (secondary N) is 1. The lowest BCUT2D eigenvalue weighted by atomic mass is 9.98. The third-order valence-electron chi connectivity index (χ3n) is 5.07. The van der Waals surface area contributed by atoms with Crippen LogP contribution in [0, 0.1) is 0 Å². The second kappa shape index (κ2) is 10.2. The van der Waals surface area contributed by atoms with Crippen LogP contribution < -0.4 is 10.1 Å². The van der Waals surface area contributed by atoms with Crippen molar-refractivity contribution in [2.75, 3.05) is 25.7 Å². The molecule has 0 spiro atoms. The first-order chi connectivity index (χ1) is 14.0. The third-order valence-corrected chi connectivity index (χ3v) is 6.41. The van der Waals surface area contributed by atoms with Gasteiger partial charge in [-0.1, -0.05) is 18.2 Å². The van der Waals surface area contributed by atoms with E-state index in [0.717, 1.165) is 23.5 Å². The molecule has 0 fully saturated rings. The number of rotatable bonds is 7. The average molecular weight is 477 g/mol. The van der Waals surface area contributed by atoms with E-state index in [2.05, 4.69) is 27.3 Å². The average Bonchev–Trinajstić information content (AvgIpc) is 2.75. The van der Waals surface area contributed by atoms with Gasteiger partial charge in [0.25, 0.3) is 5.91 Å². The van der Waals surface area contributed by atoms with Gasteiger partial charge in [-0.15, -0.1) is 0 Å². The van der Waals surface area contributed by atoms with Crippen LogP contribution in [0.3, 0.4) is 0 Å². The lowest BCUT2D eigenvalue weighted by Gasteiger charge is -2.32. The lowest BCUT2D eigenvalue weighted by Crippen LogP contribution is -2.50. The Morgan fingerprint density at radius 1 is 1.24 bits per heavy atom. The summed E-state index contributed by atoms with van der Waals surface area (Å²) in [6.45, 7) is 1.19. The van der Waals surface area contributed by atoms with Gasteiger partial charge in [0.15, 0.2) is 0 Å². The monoisotopic (exact) mass is 476 g/mol. The molecule has 0 saturated carbocycles. The van der Waals surface area contributed by atoms with Crippen LogP contribution in [0.1, 0.15) is 27.9 Å². The van der Waals surface area contributed by atoms with Crippen molar-refractivity contribution in [3.63, 3.8) is 0 Å². The Bertz CT molecular complexity index is 890. The van der Waals surface area contributed by atoms with Gasteiger partial charge < -0.3 is 15.0 Å². The van der Waals surface area contributed by atoms with Crippen LogP contribution >= 0.6 is 27.7 Å². The zero-order valence-electron chi connectivity index (χ0n) is 16.6. The van der Waals surface area contributed by atoms with E-state index in [4.69, 9.17) is 4.74 Å². The van der Waals surface area contributed by atoms with Gasteiger partial charge in [0.2, 0.25) is 5.91 Å². The molecule has 1 heterocycles. The van der Waals surface area contributed by atoms with Crippen molar-refractivity contribution in [1.82, 2.24) is 10.2 Å². The van der Waals surface area contributed by atoms with Crippen molar-refractivity contribution in [2.24, 2.45) is 0 Å². The first-order valence-electron chi connectivity index (χ1n) is 9.52. The summed E-state index contributed by atoms with van der Waals surface area (Å²) in [5.41, 5.74) is 2.88. The molecule has 2 amide bonds. The van der Waals surface area contributed by atoms with Crippen LogP contribution in [0.4, 0.5) is 0 Å². The van der Waals surface area contributed by atoms with E-state index in [1.807, 2.05) is 41.5 Å². The molecule has 1 N–H and O–H groups in total. The van der Waals surface area contributed by atoms with E-state index in [1.165, 1.54) is 5.56 Å². The number of hydrogen-bond acceptors (Lipinski definition) is 4. The number of carbonyl (C=O) groups is 2. The quantitative estimate of drug-likeness (QED) is 0.658.